The Morgan fingerprint density at radius 1 is 1.31 bits per heavy atom. The SMILES string of the molecule is CSC1(CN2CCNC(C)C2)CCCCC1. The van der Waals surface area contributed by atoms with Crippen LogP contribution in [0, 0.1) is 0 Å². The number of nitrogens with zero attached hydrogens (tertiary/aromatic N) is 1. The second-order valence-corrected chi connectivity index (χ2v) is 6.81. The highest BCUT2D eigenvalue weighted by atomic mass is 32.2. The largest absolute Gasteiger partial charge is 0.312 e. The Labute approximate surface area is 105 Å². The summed E-state index contributed by atoms with van der Waals surface area (Å²) >= 11 is 2.13. The van der Waals surface area contributed by atoms with Gasteiger partial charge in [-0.2, -0.15) is 11.8 Å². The second-order valence-electron chi connectivity index (χ2n) is 5.54. The van der Waals surface area contributed by atoms with E-state index >= 15 is 0 Å². The summed E-state index contributed by atoms with van der Waals surface area (Å²) in [6.07, 6.45) is 9.54. The third-order valence-corrected chi connectivity index (χ3v) is 5.57. The molecular formula is C13H26N2S. The van der Waals surface area contributed by atoms with E-state index in [-0.39, 0.29) is 0 Å². The molecule has 0 aromatic carbocycles. The van der Waals surface area contributed by atoms with Crippen molar-refractivity contribution < 1.29 is 0 Å². The standard InChI is InChI=1S/C13H26N2S/c1-12-10-15(9-8-14-12)11-13(16-2)6-4-3-5-7-13/h12,14H,3-11H2,1-2H3. The average Bonchev–Trinajstić information content (AvgIpc) is 2.30. The molecule has 94 valence electrons. The maximum Gasteiger partial charge on any atom is 0.0284 e. The van der Waals surface area contributed by atoms with Gasteiger partial charge in [0.2, 0.25) is 0 Å². The topological polar surface area (TPSA) is 15.3 Å². The molecule has 2 aliphatic rings. The van der Waals surface area contributed by atoms with E-state index < -0.39 is 0 Å². The third-order valence-electron chi connectivity index (χ3n) is 4.16. The van der Waals surface area contributed by atoms with Gasteiger partial charge in [0.1, 0.15) is 0 Å². The predicted molar refractivity (Wildman–Crippen MR) is 73.2 cm³/mol. The normalized spacial score (nSPS) is 31.5. The Morgan fingerprint density at radius 3 is 2.69 bits per heavy atom. The van der Waals surface area contributed by atoms with Crippen molar-refractivity contribution in [1.29, 1.82) is 0 Å². The summed E-state index contributed by atoms with van der Waals surface area (Å²) in [7, 11) is 0. The summed E-state index contributed by atoms with van der Waals surface area (Å²) in [5, 5.41) is 3.53. The van der Waals surface area contributed by atoms with E-state index in [4.69, 9.17) is 0 Å². The molecule has 1 aliphatic carbocycles. The zero-order valence-electron chi connectivity index (χ0n) is 10.8. The lowest BCUT2D eigenvalue weighted by Crippen LogP contribution is -2.53. The van der Waals surface area contributed by atoms with E-state index in [0.29, 0.717) is 10.8 Å². The zero-order valence-corrected chi connectivity index (χ0v) is 11.6. The van der Waals surface area contributed by atoms with Gasteiger partial charge < -0.3 is 5.32 Å². The van der Waals surface area contributed by atoms with Crippen LogP contribution < -0.4 is 5.32 Å². The van der Waals surface area contributed by atoms with Crippen LogP contribution in [-0.4, -0.2) is 48.1 Å². The summed E-state index contributed by atoms with van der Waals surface area (Å²) in [6.45, 7) is 7.28. The predicted octanol–water partition coefficient (Wildman–Crippen LogP) is 2.35. The minimum atomic E-state index is 0.579. The van der Waals surface area contributed by atoms with Crippen molar-refractivity contribution in [3.05, 3.63) is 0 Å². The van der Waals surface area contributed by atoms with Gasteiger partial charge in [-0.05, 0) is 26.0 Å². The van der Waals surface area contributed by atoms with Crippen molar-refractivity contribution in [3.8, 4) is 0 Å². The van der Waals surface area contributed by atoms with Gasteiger partial charge >= 0.3 is 0 Å². The van der Waals surface area contributed by atoms with Crippen molar-refractivity contribution in [2.24, 2.45) is 0 Å². The lowest BCUT2D eigenvalue weighted by molar-refractivity contribution is 0.174. The molecule has 2 rings (SSSR count). The Balaban J connectivity index is 1.89. The first-order chi connectivity index (χ1) is 7.74. The van der Waals surface area contributed by atoms with Gasteiger partial charge in [-0.1, -0.05) is 19.3 Å². The Bertz CT molecular complexity index is 214. The molecule has 1 saturated carbocycles. The molecule has 0 spiro atoms. The highest BCUT2D eigenvalue weighted by Gasteiger charge is 2.33. The molecule has 0 aromatic rings. The fourth-order valence-corrected chi connectivity index (χ4v) is 4.19. The molecule has 1 unspecified atom stereocenters. The van der Waals surface area contributed by atoms with E-state index in [1.54, 1.807) is 0 Å². The van der Waals surface area contributed by atoms with Gasteiger partial charge in [0.25, 0.3) is 0 Å². The molecule has 1 N–H and O–H groups in total. The molecule has 3 heteroatoms. The molecule has 0 aromatic heterocycles. The molecule has 1 atom stereocenters. The smallest absolute Gasteiger partial charge is 0.0284 e. The fraction of sp³-hybridized carbons (Fsp3) is 1.00. The molecule has 1 heterocycles. The van der Waals surface area contributed by atoms with Crippen LogP contribution in [0.15, 0.2) is 0 Å². The molecule has 16 heavy (non-hydrogen) atoms. The quantitative estimate of drug-likeness (QED) is 0.818. The first kappa shape index (κ1) is 12.7. The number of hydrogen-bond donors (Lipinski definition) is 1. The molecular weight excluding hydrogens is 216 g/mol. The highest BCUT2D eigenvalue weighted by molar-refractivity contribution is 8.00. The van der Waals surface area contributed by atoms with Gasteiger partial charge in [-0.15, -0.1) is 0 Å². The van der Waals surface area contributed by atoms with Gasteiger partial charge in [0, 0.05) is 37.0 Å². The lowest BCUT2D eigenvalue weighted by atomic mass is 9.87. The van der Waals surface area contributed by atoms with Crippen molar-refractivity contribution >= 4 is 11.8 Å². The summed E-state index contributed by atoms with van der Waals surface area (Å²) < 4.78 is 0.579. The van der Waals surface area contributed by atoms with Crippen LogP contribution in [0.5, 0.6) is 0 Å². The summed E-state index contributed by atoms with van der Waals surface area (Å²) in [5.74, 6) is 0. The minimum Gasteiger partial charge on any atom is -0.312 e. The number of hydrogen-bond acceptors (Lipinski definition) is 3. The minimum absolute atomic E-state index is 0.579. The average molecular weight is 242 g/mol. The number of piperazine rings is 1. The van der Waals surface area contributed by atoms with Crippen LogP contribution in [0.25, 0.3) is 0 Å². The van der Waals surface area contributed by atoms with Crippen LogP contribution in [0.1, 0.15) is 39.0 Å². The monoisotopic (exact) mass is 242 g/mol. The van der Waals surface area contributed by atoms with Gasteiger partial charge in [-0.3, -0.25) is 4.90 Å². The first-order valence-electron chi connectivity index (χ1n) is 6.75. The zero-order chi connectivity index (χ0) is 11.4. The second kappa shape index (κ2) is 5.74. The maximum atomic E-state index is 3.53. The number of nitrogens with one attached hydrogen (secondary N) is 1. The van der Waals surface area contributed by atoms with Gasteiger partial charge in [0.15, 0.2) is 0 Å². The van der Waals surface area contributed by atoms with Crippen LogP contribution >= 0.6 is 11.8 Å². The van der Waals surface area contributed by atoms with Crippen molar-refractivity contribution in [1.82, 2.24) is 10.2 Å². The van der Waals surface area contributed by atoms with E-state index in [9.17, 15) is 0 Å². The number of rotatable bonds is 3. The summed E-state index contributed by atoms with van der Waals surface area (Å²) in [5.41, 5.74) is 0. The fourth-order valence-electron chi connectivity index (χ4n) is 3.19. The molecule has 1 aliphatic heterocycles. The maximum absolute atomic E-state index is 3.53. The van der Waals surface area contributed by atoms with E-state index in [2.05, 4.69) is 35.2 Å². The summed E-state index contributed by atoms with van der Waals surface area (Å²) in [4.78, 5) is 2.68. The Hall–Kier alpha value is 0.270. The summed E-state index contributed by atoms with van der Waals surface area (Å²) in [6, 6.07) is 0.677. The molecule has 2 fully saturated rings. The molecule has 0 radical (unpaired) electrons. The van der Waals surface area contributed by atoms with E-state index in [0.717, 1.165) is 0 Å². The van der Waals surface area contributed by atoms with Crippen molar-refractivity contribution in [3.63, 3.8) is 0 Å². The molecule has 2 nitrogen and oxygen atoms in total. The van der Waals surface area contributed by atoms with E-state index in [1.807, 2.05) is 0 Å². The molecule has 0 bridgehead atoms. The lowest BCUT2D eigenvalue weighted by Gasteiger charge is -2.42. The molecule has 0 amide bonds. The number of thioether (sulfide) groups is 1. The van der Waals surface area contributed by atoms with Crippen LogP contribution in [0.2, 0.25) is 0 Å². The van der Waals surface area contributed by atoms with Crippen molar-refractivity contribution in [2.75, 3.05) is 32.4 Å². The van der Waals surface area contributed by atoms with Crippen molar-refractivity contribution in [2.45, 2.75) is 49.8 Å². The Morgan fingerprint density at radius 2 is 2.06 bits per heavy atom. The van der Waals surface area contributed by atoms with Gasteiger partial charge in [0.05, 0.1) is 0 Å². The third kappa shape index (κ3) is 3.14. The van der Waals surface area contributed by atoms with Crippen LogP contribution in [0.3, 0.4) is 0 Å². The van der Waals surface area contributed by atoms with Gasteiger partial charge in [-0.25, -0.2) is 0 Å². The Kier molecular flexibility index (Phi) is 4.57. The van der Waals surface area contributed by atoms with E-state index in [1.165, 1.54) is 58.3 Å². The molecule has 1 saturated heterocycles. The first-order valence-corrected chi connectivity index (χ1v) is 7.97. The highest BCUT2D eigenvalue weighted by Crippen LogP contribution is 2.39. The van der Waals surface area contributed by atoms with Crippen LogP contribution in [0.4, 0.5) is 0 Å². The van der Waals surface area contributed by atoms with Crippen LogP contribution in [-0.2, 0) is 0 Å².